The molecule has 2 aromatic heterocycles. The maximum atomic E-state index is 4.71. The van der Waals surface area contributed by atoms with Crippen molar-refractivity contribution in [3.05, 3.63) is 11.8 Å². The van der Waals surface area contributed by atoms with E-state index in [-0.39, 0.29) is 0 Å². The fraction of sp³-hybridized carbons (Fsp3) is 0.643. The van der Waals surface area contributed by atoms with E-state index >= 15 is 0 Å². The second kappa shape index (κ2) is 4.84. The van der Waals surface area contributed by atoms with Crippen molar-refractivity contribution in [1.82, 2.24) is 30.3 Å². The minimum absolute atomic E-state index is 0.538. The summed E-state index contributed by atoms with van der Waals surface area (Å²) < 4.78 is 1.84. The first kappa shape index (κ1) is 12.8. The molecule has 0 bridgehead atoms. The molecule has 7 heteroatoms. The van der Waals surface area contributed by atoms with Crippen LogP contribution in [-0.4, -0.2) is 50.6 Å². The van der Waals surface area contributed by atoms with Crippen LogP contribution in [0.5, 0.6) is 0 Å². The molecule has 0 amide bonds. The summed E-state index contributed by atoms with van der Waals surface area (Å²) in [5.74, 6) is 2.35. The van der Waals surface area contributed by atoms with Crippen LogP contribution in [0.15, 0.2) is 6.07 Å². The van der Waals surface area contributed by atoms with Crippen LogP contribution in [0, 0.1) is 12.8 Å². The predicted molar refractivity (Wildman–Crippen MR) is 80.0 cm³/mol. The largest absolute Gasteiger partial charge is 0.335 e. The van der Waals surface area contributed by atoms with Crippen LogP contribution in [0.25, 0.3) is 11.5 Å². The molecule has 2 aliphatic heterocycles. The first-order valence-corrected chi connectivity index (χ1v) is 7.63. The zero-order valence-electron chi connectivity index (χ0n) is 12.5. The molecule has 2 aromatic rings. The van der Waals surface area contributed by atoms with Gasteiger partial charge in [-0.15, -0.1) is 5.10 Å². The van der Waals surface area contributed by atoms with E-state index in [1.165, 1.54) is 12.8 Å². The van der Waals surface area contributed by atoms with Crippen LogP contribution < -0.4 is 10.2 Å². The first-order chi connectivity index (χ1) is 10.2. The fourth-order valence-corrected chi connectivity index (χ4v) is 3.64. The number of H-pyrrole nitrogens is 1. The molecule has 112 valence electrons. The lowest BCUT2D eigenvalue weighted by molar-refractivity contribution is 0.381. The van der Waals surface area contributed by atoms with Gasteiger partial charge in [-0.05, 0) is 31.7 Å². The first-order valence-electron chi connectivity index (χ1n) is 7.63. The highest BCUT2D eigenvalue weighted by atomic mass is 15.4. The number of anilines is 1. The molecule has 4 heterocycles. The summed E-state index contributed by atoms with van der Waals surface area (Å²) >= 11 is 0. The van der Waals surface area contributed by atoms with Gasteiger partial charge < -0.3 is 10.2 Å². The Bertz CT molecular complexity index is 644. The van der Waals surface area contributed by atoms with Crippen molar-refractivity contribution in [3.8, 4) is 11.5 Å². The molecule has 2 fully saturated rings. The summed E-state index contributed by atoms with van der Waals surface area (Å²) in [5.41, 5.74) is 1.97. The third kappa shape index (κ3) is 2.12. The molecule has 2 unspecified atom stereocenters. The van der Waals surface area contributed by atoms with E-state index in [4.69, 9.17) is 4.98 Å². The van der Waals surface area contributed by atoms with Crippen molar-refractivity contribution in [2.45, 2.75) is 25.8 Å². The summed E-state index contributed by atoms with van der Waals surface area (Å²) in [6.45, 7) is 5.20. The summed E-state index contributed by atoms with van der Waals surface area (Å²) in [4.78, 5) is 7.07. The van der Waals surface area contributed by atoms with Crippen molar-refractivity contribution in [2.75, 3.05) is 24.5 Å². The number of aryl methyl sites for hydroxylation is 2. The molecular formula is C14H21N7. The number of hydrogen-bond donors (Lipinski definition) is 2. The molecule has 0 radical (unpaired) electrons. The van der Waals surface area contributed by atoms with Gasteiger partial charge in [-0.1, -0.05) is 0 Å². The van der Waals surface area contributed by atoms with Gasteiger partial charge in [-0.25, -0.2) is 0 Å². The van der Waals surface area contributed by atoms with Crippen molar-refractivity contribution >= 4 is 5.95 Å². The number of nitrogens with zero attached hydrogens (tertiary/aromatic N) is 5. The Balaban J connectivity index is 1.63. The Hall–Kier alpha value is -1.89. The third-order valence-electron chi connectivity index (χ3n) is 4.65. The van der Waals surface area contributed by atoms with Gasteiger partial charge >= 0.3 is 0 Å². The van der Waals surface area contributed by atoms with Crippen molar-refractivity contribution in [3.63, 3.8) is 0 Å². The van der Waals surface area contributed by atoms with Crippen LogP contribution in [0.4, 0.5) is 5.95 Å². The molecule has 0 aromatic carbocycles. The highest BCUT2D eigenvalue weighted by molar-refractivity contribution is 5.52. The number of hydrogen-bond acceptors (Lipinski definition) is 5. The minimum atomic E-state index is 0.538. The lowest BCUT2D eigenvalue weighted by Gasteiger charge is -2.36. The van der Waals surface area contributed by atoms with E-state index in [0.717, 1.165) is 48.7 Å². The van der Waals surface area contributed by atoms with Gasteiger partial charge in [-0.3, -0.25) is 9.78 Å². The van der Waals surface area contributed by atoms with Gasteiger partial charge in [-0.2, -0.15) is 10.1 Å². The number of nitrogens with one attached hydrogen (secondary N) is 2. The molecule has 0 saturated carbocycles. The van der Waals surface area contributed by atoms with Gasteiger partial charge in [0.1, 0.15) is 5.69 Å². The summed E-state index contributed by atoms with van der Waals surface area (Å²) in [5, 5.41) is 15.4. The predicted octanol–water partition coefficient (Wildman–Crippen LogP) is 0.702. The lowest BCUT2D eigenvalue weighted by Crippen LogP contribution is -2.45. The average Bonchev–Trinajstić information content (AvgIpc) is 3.17. The van der Waals surface area contributed by atoms with Crippen LogP contribution in [-0.2, 0) is 7.05 Å². The quantitative estimate of drug-likeness (QED) is 0.850. The Morgan fingerprint density at radius 2 is 2.24 bits per heavy atom. The molecule has 0 spiro atoms. The van der Waals surface area contributed by atoms with Crippen LogP contribution in [0.1, 0.15) is 18.5 Å². The topological polar surface area (TPSA) is 74.7 Å². The minimum Gasteiger partial charge on any atom is -0.335 e. The van der Waals surface area contributed by atoms with Crippen LogP contribution in [0.2, 0.25) is 0 Å². The molecule has 2 N–H and O–H groups in total. The average molecular weight is 287 g/mol. The third-order valence-corrected chi connectivity index (χ3v) is 4.65. The van der Waals surface area contributed by atoms with Gasteiger partial charge in [0.25, 0.3) is 0 Å². The molecule has 4 rings (SSSR count). The number of piperidine rings is 1. The monoisotopic (exact) mass is 287 g/mol. The van der Waals surface area contributed by atoms with Crippen molar-refractivity contribution < 1.29 is 0 Å². The zero-order chi connectivity index (χ0) is 14.4. The van der Waals surface area contributed by atoms with Crippen molar-refractivity contribution in [1.29, 1.82) is 0 Å². The molecular weight excluding hydrogens is 266 g/mol. The lowest BCUT2D eigenvalue weighted by atomic mass is 9.92. The highest BCUT2D eigenvalue weighted by Gasteiger charge is 2.36. The van der Waals surface area contributed by atoms with Gasteiger partial charge in [0.15, 0.2) is 5.82 Å². The molecule has 2 aliphatic rings. The Kier molecular flexibility index (Phi) is 2.95. The fourth-order valence-electron chi connectivity index (χ4n) is 3.64. The van der Waals surface area contributed by atoms with E-state index in [1.54, 1.807) is 0 Å². The normalized spacial score (nSPS) is 25.3. The number of aromatic amines is 1. The van der Waals surface area contributed by atoms with Crippen molar-refractivity contribution in [2.24, 2.45) is 13.0 Å². The highest BCUT2D eigenvalue weighted by Crippen LogP contribution is 2.29. The number of fused-ring (bicyclic) bond motifs is 1. The van der Waals surface area contributed by atoms with E-state index in [1.807, 2.05) is 24.7 Å². The van der Waals surface area contributed by atoms with Gasteiger partial charge in [0.2, 0.25) is 5.95 Å². The molecule has 7 nitrogen and oxygen atoms in total. The van der Waals surface area contributed by atoms with E-state index in [9.17, 15) is 0 Å². The maximum Gasteiger partial charge on any atom is 0.245 e. The SMILES string of the molecule is Cc1cc(-c2nc(N3CCCC4CNCC43)n[nH]2)n(C)n1. The van der Waals surface area contributed by atoms with Gasteiger partial charge in [0, 0.05) is 32.7 Å². The molecule has 2 atom stereocenters. The van der Waals surface area contributed by atoms with E-state index < -0.39 is 0 Å². The molecule has 2 saturated heterocycles. The number of rotatable bonds is 2. The van der Waals surface area contributed by atoms with Gasteiger partial charge in [0.05, 0.1) is 5.69 Å². The summed E-state index contributed by atoms with van der Waals surface area (Å²) in [6.07, 6.45) is 2.53. The Morgan fingerprint density at radius 1 is 1.33 bits per heavy atom. The number of aromatic nitrogens is 5. The molecule has 0 aliphatic carbocycles. The smallest absolute Gasteiger partial charge is 0.245 e. The summed E-state index contributed by atoms with van der Waals surface area (Å²) in [7, 11) is 1.93. The second-order valence-electron chi connectivity index (χ2n) is 6.10. The van der Waals surface area contributed by atoms with E-state index in [2.05, 4.69) is 25.5 Å². The van der Waals surface area contributed by atoms with Crippen LogP contribution >= 0.6 is 0 Å². The Labute approximate surface area is 123 Å². The summed E-state index contributed by atoms with van der Waals surface area (Å²) in [6, 6.07) is 2.57. The molecule has 21 heavy (non-hydrogen) atoms. The second-order valence-corrected chi connectivity index (χ2v) is 6.10. The van der Waals surface area contributed by atoms with Crippen LogP contribution in [0.3, 0.4) is 0 Å². The van der Waals surface area contributed by atoms with E-state index in [0.29, 0.717) is 6.04 Å². The maximum absolute atomic E-state index is 4.71. The zero-order valence-corrected chi connectivity index (χ0v) is 12.5. The Morgan fingerprint density at radius 3 is 3.05 bits per heavy atom. The standard InChI is InChI=1S/C14H21N7/c1-9-6-11(20(2)19-9)13-16-14(18-17-13)21-5-3-4-10-7-15-8-12(10)21/h6,10,12,15H,3-5,7-8H2,1-2H3,(H,16,17,18).